The van der Waals surface area contributed by atoms with E-state index in [-0.39, 0.29) is 23.5 Å². The standard InChI is InChI=1S/C21H31N3O6S/c1-3-18-15-23(13-14-30-18)20(25)16-22-9-11-24(12-10-22)31(27,28)19-7-5-17(6-8-19)21(26)29-4-2/h5-8,18H,3-4,9-16H2,1-2H3. The van der Waals surface area contributed by atoms with Crippen molar-refractivity contribution in [2.45, 2.75) is 31.3 Å². The predicted octanol–water partition coefficient (Wildman–Crippen LogP) is 0.807. The van der Waals surface area contributed by atoms with E-state index in [0.29, 0.717) is 58.0 Å². The summed E-state index contributed by atoms with van der Waals surface area (Å²) in [4.78, 5) is 28.4. The Labute approximate surface area is 183 Å². The summed E-state index contributed by atoms with van der Waals surface area (Å²) in [6.45, 7) is 7.71. The number of hydrogen-bond donors (Lipinski definition) is 0. The number of hydrogen-bond acceptors (Lipinski definition) is 7. The molecule has 0 N–H and O–H groups in total. The normalized spacial score (nSPS) is 21.1. The van der Waals surface area contributed by atoms with E-state index in [1.165, 1.54) is 28.6 Å². The topological polar surface area (TPSA) is 96.5 Å². The molecule has 0 bridgehead atoms. The Kier molecular flexibility index (Phi) is 8.04. The van der Waals surface area contributed by atoms with E-state index < -0.39 is 16.0 Å². The van der Waals surface area contributed by atoms with Gasteiger partial charge in [0.1, 0.15) is 0 Å². The minimum atomic E-state index is -3.66. The van der Waals surface area contributed by atoms with Crippen molar-refractivity contribution in [3.8, 4) is 0 Å². The summed E-state index contributed by atoms with van der Waals surface area (Å²) in [7, 11) is -3.66. The molecule has 2 aliphatic heterocycles. The minimum absolute atomic E-state index is 0.0626. The SMILES string of the molecule is CCOC(=O)c1ccc(S(=O)(=O)N2CCN(CC(=O)N3CCOC(CC)C3)CC2)cc1. The molecular weight excluding hydrogens is 422 g/mol. The van der Waals surface area contributed by atoms with E-state index in [1.807, 2.05) is 16.7 Å². The van der Waals surface area contributed by atoms with Crippen LogP contribution in [-0.2, 0) is 24.3 Å². The molecule has 2 saturated heterocycles. The van der Waals surface area contributed by atoms with E-state index in [2.05, 4.69) is 0 Å². The molecule has 0 radical (unpaired) electrons. The smallest absolute Gasteiger partial charge is 0.338 e. The van der Waals surface area contributed by atoms with Crippen LogP contribution in [0.4, 0.5) is 0 Å². The number of ether oxygens (including phenoxy) is 2. The molecule has 0 saturated carbocycles. The highest BCUT2D eigenvalue weighted by atomic mass is 32.2. The van der Waals surface area contributed by atoms with Crippen LogP contribution in [0.3, 0.4) is 0 Å². The largest absolute Gasteiger partial charge is 0.462 e. The number of piperazine rings is 1. The molecule has 1 amide bonds. The second-order valence-electron chi connectivity index (χ2n) is 7.67. The van der Waals surface area contributed by atoms with E-state index in [4.69, 9.17) is 9.47 Å². The van der Waals surface area contributed by atoms with Crippen LogP contribution in [0.15, 0.2) is 29.2 Å². The third-order valence-electron chi connectivity index (χ3n) is 5.64. The second-order valence-corrected chi connectivity index (χ2v) is 9.60. The lowest BCUT2D eigenvalue weighted by atomic mass is 10.2. The molecule has 9 nitrogen and oxygen atoms in total. The highest BCUT2D eigenvalue weighted by Gasteiger charge is 2.30. The summed E-state index contributed by atoms with van der Waals surface area (Å²) in [5, 5.41) is 0. The van der Waals surface area contributed by atoms with E-state index in [0.717, 1.165) is 6.42 Å². The Morgan fingerprint density at radius 1 is 1.06 bits per heavy atom. The number of carbonyl (C=O) groups is 2. The molecular formula is C21H31N3O6S. The highest BCUT2D eigenvalue weighted by molar-refractivity contribution is 7.89. The van der Waals surface area contributed by atoms with Crippen LogP contribution in [0, 0.1) is 0 Å². The Hall–Kier alpha value is -2.01. The average Bonchev–Trinajstić information content (AvgIpc) is 2.79. The second kappa shape index (κ2) is 10.5. The number of carbonyl (C=O) groups excluding carboxylic acids is 2. The van der Waals surface area contributed by atoms with Gasteiger partial charge in [0.2, 0.25) is 15.9 Å². The summed E-state index contributed by atoms with van der Waals surface area (Å²) in [6.07, 6.45) is 0.969. The number of morpholine rings is 1. The van der Waals surface area contributed by atoms with Gasteiger partial charge in [0.25, 0.3) is 0 Å². The summed E-state index contributed by atoms with van der Waals surface area (Å²) in [5.41, 5.74) is 0.317. The lowest BCUT2D eigenvalue weighted by Crippen LogP contribution is -2.53. The molecule has 3 rings (SSSR count). The van der Waals surface area contributed by atoms with Crippen molar-refractivity contribution in [1.29, 1.82) is 0 Å². The van der Waals surface area contributed by atoms with Gasteiger partial charge in [0, 0.05) is 39.3 Å². The van der Waals surface area contributed by atoms with Gasteiger partial charge >= 0.3 is 5.97 Å². The molecule has 2 heterocycles. The first-order valence-electron chi connectivity index (χ1n) is 10.7. The summed E-state index contributed by atoms with van der Waals surface area (Å²) >= 11 is 0. The first-order valence-corrected chi connectivity index (χ1v) is 12.2. The lowest BCUT2D eigenvalue weighted by molar-refractivity contribution is -0.140. The fraction of sp³-hybridized carbons (Fsp3) is 0.619. The molecule has 31 heavy (non-hydrogen) atoms. The van der Waals surface area contributed by atoms with Crippen molar-refractivity contribution in [1.82, 2.24) is 14.1 Å². The maximum atomic E-state index is 12.9. The minimum Gasteiger partial charge on any atom is -0.462 e. The monoisotopic (exact) mass is 453 g/mol. The fourth-order valence-corrected chi connectivity index (χ4v) is 5.16. The number of nitrogens with zero attached hydrogens (tertiary/aromatic N) is 3. The maximum absolute atomic E-state index is 12.9. The average molecular weight is 454 g/mol. The number of benzene rings is 1. The Morgan fingerprint density at radius 3 is 2.35 bits per heavy atom. The van der Waals surface area contributed by atoms with Gasteiger partial charge in [-0.1, -0.05) is 6.92 Å². The molecule has 2 fully saturated rings. The molecule has 2 aliphatic rings. The molecule has 0 spiro atoms. The third-order valence-corrected chi connectivity index (χ3v) is 7.55. The molecule has 1 unspecified atom stereocenters. The van der Waals surface area contributed by atoms with Crippen molar-refractivity contribution < 1.29 is 27.5 Å². The number of esters is 1. The van der Waals surface area contributed by atoms with Crippen molar-refractivity contribution in [3.63, 3.8) is 0 Å². The van der Waals surface area contributed by atoms with Crippen LogP contribution in [0.1, 0.15) is 30.6 Å². The van der Waals surface area contributed by atoms with Gasteiger partial charge in [-0.2, -0.15) is 4.31 Å². The molecule has 0 aromatic heterocycles. The zero-order valence-electron chi connectivity index (χ0n) is 18.2. The van der Waals surface area contributed by atoms with Crippen molar-refractivity contribution in [3.05, 3.63) is 29.8 Å². The van der Waals surface area contributed by atoms with Crippen molar-refractivity contribution in [2.75, 3.05) is 59.0 Å². The Bertz CT molecular complexity index is 866. The predicted molar refractivity (Wildman–Crippen MR) is 114 cm³/mol. The number of rotatable bonds is 7. The van der Waals surface area contributed by atoms with Gasteiger partial charge in [-0.25, -0.2) is 13.2 Å². The van der Waals surface area contributed by atoms with Crippen LogP contribution in [0.25, 0.3) is 0 Å². The summed E-state index contributed by atoms with van der Waals surface area (Å²) in [6, 6.07) is 5.79. The molecule has 1 aromatic carbocycles. The van der Waals surface area contributed by atoms with Crippen LogP contribution in [0.5, 0.6) is 0 Å². The van der Waals surface area contributed by atoms with Gasteiger partial charge in [0.15, 0.2) is 0 Å². The van der Waals surface area contributed by atoms with Crippen LogP contribution in [-0.4, -0.2) is 99.5 Å². The van der Waals surface area contributed by atoms with Gasteiger partial charge in [-0.15, -0.1) is 0 Å². The zero-order valence-corrected chi connectivity index (χ0v) is 19.0. The van der Waals surface area contributed by atoms with E-state index >= 15 is 0 Å². The molecule has 0 aliphatic carbocycles. The fourth-order valence-electron chi connectivity index (χ4n) is 3.74. The molecule has 172 valence electrons. The summed E-state index contributed by atoms with van der Waals surface area (Å²) < 4.78 is 37.9. The zero-order chi connectivity index (χ0) is 22.4. The van der Waals surface area contributed by atoms with Gasteiger partial charge in [-0.3, -0.25) is 9.69 Å². The maximum Gasteiger partial charge on any atom is 0.338 e. The third kappa shape index (κ3) is 5.82. The van der Waals surface area contributed by atoms with Crippen molar-refractivity contribution in [2.24, 2.45) is 0 Å². The van der Waals surface area contributed by atoms with Gasteiger partial charge < -0.3 is 14.4 Å². The Morgan fingerprint density at radius 2 is 1.74 bits per heavy atom. The number of sulfonamides is 1. The molecule has 1 atom stereocenters. The van der Waals surface area contributed by atoms with Crippen LogP contribution >= 0.6 is 0 Å². The summed E-state index contributed by atoms with van der Waals surface area (Å²) in [5.74, 6) is -0.414. The quantitative estimate of drug-likeness (QED) is 0.564. The Balaban J connectivity index is 1.53. The van der Waals surface area contributed by atoms with Crippen molar-refractivity contribution >= 4 is 21.9 Å². The van der Waals surface area contributed by atoms with Crippen LogP contribution < -0.4 is 0 Å². The van der Waals surface area contributed by atoms with E-state index in [9.17, 15) is 18.0 Å². The van der Waals surface area contributed by atoms with E-state index in [1.54, 1.807) is 6.92 Å². The van der Waals surface area contributed by atoms with Gasteiger partial charge in [-0.05, 0) is 37.6 Å². The first-order chi connectivity index (χ1) is 14.8. The molecule has 10 heteroatoms. The van der Waals surface area contributed by atoms with Gasteiger partial charge in [0.05, 0.1) is 36.3 Å². The highest BCUT2D eigenvalue weighted by Crippen LogP contribution is 2.19. The lowest BCUT2D eigenvalue weighted by Gasteiger charge is -2.36. The number of amides is 1. The first kappa shape index (κ1) is 23.6. The molecule has 1 aromatic rings. The van der Waals surface area contributed by atoms with Crippen LogP contribution in [0.2, 0.25) is 0 Å².